The lowest BCUT2D eigenvalue weighted by molar-refractivity contribution is 0.0879. The van der Waals surface area contributed by atoms with E-state index in [4.69, 9.17) is 5.11 Å². The number of nitriles is 1. The first-order valence-corrected chi connectivity index (χ1v) is 7.77. The molecule has 0 saturated carbocycles. The first-order valence-electron chi connectivity index (χ1n) is 7.77. The van der Waals surface area contributed by atoms with Gasteiger partial charge in [-0.1, -0.05) is 0 Å². The summed E-state index contributed by atoms with van der Waals surface area (Å²) in [6.07, 6.45) is 0. The van der Waals surface area contributed by atoms with Crippen LogP contribution in [0.4, 0.5) is 11.4 Å². The van der Waals surface area contributed by atoms with Crippen LogP contribution in [0.5, 0.6) is 5.88 Å². The highest BCUT2D eigenvalue weighted by atomic mass is 16.3. The number of pyridine rings is 1. The lowest BCUT2D eigenvalue weighted by atomic mass is 10.1. The number of nitrogens with zero attached hydrogens (tertiary/aromatic N) is 4. The van der Waals surface area contributed by atoms with Crippen LogP contribution >= 0.6 is 0 Å². The van der Waals surface area contributed by atoms with Gasteiger partial charge in [-0.15, -0.1) is 5.11 Å². The van der Waals surface area contributed by atoms with Gasteiger partial charge >= 0.3 is 0 Å². The van der Waals surface area contributed by atoms with Gasteiger partial charge < -0.3 is 10.2 Å². The normalized spacial score (nSPS) is 12.9. The minimum absolute atomic E-state index is 0.132. The Morgan fingerprint density at radius 1 is 1.19 bits per heavy atom. The molecular formula is C17H13N5O5. The lowest BCUT2D eigenvalue weighted by Gasteiger charge is -2.11. The van der Waals surface area contributed by atoms with E-state index in [2.05, 4.69) is 15.5 Å². The Hall–Kier alpha value is -3.84. The van der Waals surface area contributed by atoms with E-state index in [1.165, 1.54) is 25.1 Å². The van der Waals surface area contributed by atoms with Crippen LogP contribution in [-0.2, 0) is 6.54 Å². The van der Waals surface area contributed by atoms with E-state index in [0.717, 1.165) is 4.57 Å². The van der Waals surface area contributed by atoms with Crippen molar-refractivity contribution in [3.8, 4) is 11.9 Å². The molecule has 136 valence electrons. The highest BCUT2D eigenvalue weighted by molar-refractivity contribution is 6.21. The van der Waals surface area contributed by atoms with Crippen molar-refractivity contribution in [1.82, 2.24) is 9.88 Å². The summed E-state index contributed by atoms with van der Waals surface area (Å²) in [6, 6.07) is 6.01. The molecule has 0 unspecified atom stereocenters. The summed E-state index contributed by atoms with van der Waals surface area (Å²) in [5, 5.41) is 38.2. The molecule has 2 heterocycles. The Balaban J connectivity index is 2.09. The molecule has 1 aliphatic rings. The summed E-state index contributed by atoms with van der Waals surface area (Å²) >= 11 is 0. The largest absolute Gasteiger partial charge is 0.493 e. The van der Waals surface area contributed by atoms with E-state index in [-0.39, 0.29) is 40.2 Å². The summed E-state index contributed by atoms with van der Waals surface area (Å²) in [5.41, 5.74) is -0.346. The summed E-state index contributed by atoms with van der Waals surface area (Å²) in [6.45, 7) is 0.793. The van der Waals surface area contributed by atoms with Crippen molar-refractivity contribution in [2.75, 3.05) is 6.61 Å². The maximum atomic E-state index is 12.5. The molecule has 10 heteroatoms. The molecule has 0 bridgehead atoms. The number of hydrogen-bond acceptors (Lipinski definition) is 8. The van der Waals surface area contributed by atoms with E-state index < -0.39 is 29.9 Å². The second kappa shape index (κ2) is 6.81. The van der Waals surface area contributed by atoms with Gasteiger partial charge in [0.1, 0.15) is 11.6 Å². The van der Waals surface area contributed by atoms with Crippen LogP contribution in [0.15, 0.2) is 33.2 Å². The van der Waals surface area contributed by atoms with Crippen LogP contribution in [0.25, 0.3) is 0 Å². The van der Waals surface area contributed by atoms with Gasteiger partial charge in [0.15, 0.2) is 5.69 Å². The standard InChI is InChI=1S/C17H13N5O5/c1-8-12(7-18)16(26)22(4-5-23)17(27)13(8)21-20-9-2-3-10-11(6-9)15(25)19-14(10)24/h2-3,6,23,26H,4-5H2,1H3,(H,19,24,25). The third-order valence-electron chi connectivity index (χ3n) is 4.08. The molecule has 3 N–H and O–H groups in total. The maximum Gasteiger partial charge on any atom is 0.281 e. The highest BCUT2D eigenvalue weighted by Gasteiger charge is 2.26. The van der Waals surface area contributed by atoms with Gasteiger partial charge in [-0.25, -0.2) is 0 Å². The Morgan fingerprint density at radius 2 is 1.89 bits per heavy atom. The zero-order valence-electron chi connectivity index (χ0n) is 14.1. The number of amides is 2. The van der Waals surface area contributed by atoms with Gasteiger partial charge in [0.2, 0.25) is 5.88 Å². The third kappa shape index (κ3) is 2.96. The van der Waals surface area contributed by atoms with Crippen LogP contribution in [0.2, 0.25) is 0 Å². The maximum absolute atomic E-state index is 12.5. The monoisotopic (exact) mass is 367 g/mol. The molecule has 10 nitrogen and oxygen atoms in total. The number of aromatic hydroxyl groups is 1. The third-order valence-corrected chi connectivity index (χ3v) is 4.08. The van der Waals surface area contributed by atoms with E-state index in [0.29, 0.717) is 0 Å². The van der Waals surface area contributed by atoms with Crippen LogP contribution in [-0.4, -0.2) is 33.2 Å². The zero-order chi connectivity index (χ0) is 19.7. The molecule has 0 radical (unpaired) electrons. The number of imide groups is 1. The fourth-order valence-electron chi connectivity index (χ4n) is 2.69. The van der Waals surface area contributed by atoms with Gasteiger partial charge in [-0.3, -0.25) is 24.3 Å². The first-order chi connectivity index (χ1) is 12.9. The summed E-state index contributed by atoms with van der Waals surface area (Å²) in [5.74, 6) is -1.61. The smallest absolute Gasteiger partial charge is 0.281 e. The fraction of sp³-hybridized carbons (Fsp3) is 0.176. The molecule has 0 saturated heterocycles. The molecule has 0 fully saturated rings. The Morgan fingerprint density at radius 3 is 2.56 bits per heavy atom. The Kier molecular flexibility index (Phi) is 4.53. The quantitative estimate of drug-likeness (QED) is 0.541. The predicted octanol–water partition coefficient (Wildman–Crippen LogP) is 1.03. The van der Waals surface area contributed by atoms with Crippen molar-refractivity contribution in [2.24, 2.45) is 10.2 Å². The van der Waals surface area contributed by atoms with Gasteiger partial charge in [0.05, 0.1) is 30.0 Å². The van der Waals surface area contributed by atoms with Crippen molar-refractivity contribution < 1.29 is 19.8 Å². The zero-order valence-corrected chi connectivity index (χ0v) is 14.1. The molecule has 1 aliphatic heterocycles. The SMILES string of the molecule is Cc1c(C#N)c(O)n(CCO)c(=O)c1N=Nc1ccc2c(c1)C(=O)NC2=O. The molecule has 27 heavy (non-hydrogen) atoms. The van der Waals surface area contributed by atoms with Gasteiger partial charge in [0.25, 0.3) is 17.4 Å². The number of aliphatic hydroxyl groups is 1. The molecule has 2 aromatic rings. The second-order valence-electron chi connectivity index (χ2n) is 5.68. The van der Waals surface area contributed by atoms with Crippen LogP contribution in [0, 0.1) is 18.3 Å². The van der Waals surface area contributed by atoms with Crippen LogP contribution in [0.1, 0.15) is 31.8 Å². The number of rotatable bonds is 4. The van der Waals surface area contributed by atoms with Crippen molar-refractivity contribution in [1.29, 1.82) is 5.26 Å². The predicted molar refractivity (Wildman–Crippen MR) is 91.3 cm³/mol. The molecule has 1 aromatic heterocycles. The summed E-state index contributed by atoms with van der Waals surface area (Å²) in [4.78, 5) is 35.7. The Bertz CT molecular complexity index is 1110. The average molecular weight is 367 g/mol. The molecule has 0 aliphatic carbocycles. The molecule has 2 amide bonds. The molecule has 1 aromatic carbocycles. The van der Waals surface area contributed by atoms with Gasteiger partial charge in [-0.05, 0) is 25.1 Å². The number of nitrogens with one attached hydrogen (secondary N) is 1. The second-order valence-corrected chi connectivity index (χ2v) is 5.68. The minimum atomic E-state index is -0.726. The molecule has 0 spiro atoms. The number of carbonyl (C=O) groups is 2. The average Bonchev–Trinajstić information content (AvgIpc) is 2.92. The van der Waals surface area contributed by atoms with E-state index in [9.17, 15) is 24.8 Å². The topological polar surface area (TPSA) is 157 Å². The number of aromatic nitrogens is 1. The Labute approximate surface area is 152 Å². The molecular weight excluding hydrogens is 354 g/mol. The van der Waals surface area contributed by atoms with Crippen molar-refractivity contribution in [2.45, 2.75) is 13.5 Å². The van der Waals surface area contributed by atoms with Crippen molar-refractivity contribution in [3.05, 3.63) is 50.8 Å². The van der Waals surface area contributed by atoms with Crippen LogP contribution in [0.3, 0.4) is 0 Å². The van der Waals surface area contributed by atoms with E-state index in [1.807, 2.05) is 0 Å². The first kappa shape index (κ1) is 18.0. The molecule has 3 rings (SSSR count). The van der Waals surface area contributed by atoms with E-state index in [1.54, 1.807) is 6.07 Å². The van der Waals surface area contributed by atoms with Crippen LogP contribution < -0.4 is 10.9 Å². The number of carbonyl (C=O) groups excluding carboxylic acids is 2. The highest BCUT2D eigenvalue weighted by Crippen LogP contribution is 2.28. The summed E-state index contributed by atoms with van der Waals surface area (Å²) < 4.78 is 0.828. The minimum Gasteiger partial charge on any atom is -0.493 e. The summed E-state index contributed by atoms with van der Waals surface area (Å²) in [7, 11) is 0. The van der Waals surface area contributed by atoms with Gasteiger partial charge in [-0.2, -0.15) is 10.4 Å². The van der Waals surface area contributed by atoms with Gasteiger partial charge in [0, 0.05) is 5.56 Å². The lowest BCUT2D eigenvalue weighted by Crippen LogP contribution is -2.23. The number of hydrogen-bond donors (Lipinski definition) is 3. The van der Waals surface area contributed by atoms with Crippen molar-refractivity contribution >= 4 is 23.2 Å². The van der Waals surface area contributed by atoms with Crippen molar-refractivity contribution in [3.63, 3.8) is 0 Å². The fourth-order valence-corrected chi connectivity index (χ4v) is 2.69. The number of benzene rings is 1. The number of aliphatic hydroxyl groups excluding tert-OH is 1. The van der Waals surface area contributed by atoms with E-state index >= 15 is 0 Å². The molecule has 0 atom stereocenters. The number of azo groups is 1. The number of fused-ring (bicyclic) bond motifs is 1.